The average molecular weight is 467 g/mol. The molecule has 0 aliphatic rings. The van der Waals surface area contributed by atoms with Crippen molar-refractivity contribution in [1.82, 2.24) is 14.7 Å². The quantitative estimate of drug-likeness (QED) is 0.459. The van der Waals surface area contributed by atoms with Crippen LogP contribution in [0.2, 0.25) is 0 Å². The summed E-state index contributed by atoms with van der Waals surface area (Å²) in [6.07, 6.45) is 0. The summed E-state index contributed by atoms with van der Waals surface area (Å²) < 4.78 is 17.2. The van der Waals surface area contributed by atoms with E-state index in [1.807, 2.05) is 50.2 Å². The molecule has 0 spiro atoms. The molecule has 9 heteroatoms. The van der Waals surface area contributed by atoms with E-state index in [-0.39, 0.29) is 19.0 Å². The zero-order chi connectivity index (χ0) is 24.7. The van der Waals surface area contributed by atoms with Crippen LogP contribution in [0.25, 0.3) is 5.69 Å². The highest BCUT2D eigenvalue weighted by molar-refractivity contribution is 5.92. The van der Waals surface area contributed by atoms with Crippen molar-refractivity contribution in [3.8, 4) is 17.2 Å². The van der Waals surface area contributed by atoms with E-state index in [0.29, 0.717) is 23.9 Å². The minimum Gasteiger partial charge on any atom is -0.497 e. The molecule has 1 N–H and O–H groups in total. The third-order valence-electron chi connectivity index (χ3n) is 5.14. The van der Waals surface area contributed by atoms with Crippen molar-refractivity contribution in [2.45, 2.75) is 20.4 Å². The molecule has 1 heterocycles. The molecule has 0 bridgehead atoms. The zero-order valence-electron chi connectivity index (χ0n) is 20.1. The second-order valence-electron chi connectivity index (χ2n) is 7.91. The SMILES string of the molecule is COC(=O)CN(CC(=O)Nc1cc(C)nn1-c1ccc(C)cc1)Cc1cc(OC)cc(OC)c1. The molecule has 0 radical (unpaired) electrons. The van der Waals surface area contributed by atoms with E-state index in [9.17, 15) is 9.59 Å². The molecule has 3 rings (SSSR count). The van der Waals surface area contributed by atoms with Gasteiger partial charge in [0.15, 0.2) is 0 Å². The van der Waals surface area contributed by atoms with Gasteiger partial charge in [0, 0.05) is 18.7 Å². The number of aryl methyl sites for hydroxylation is 2. The van der Waals surface area contributed by atoms with Crippen LogP contribution in [0.4, 0.5) is 5.82 Å². The van der Waals surface area contributed by atoms with Crippen molar-refractivity contribution < 1.29 is 23.8 Å². The minimum atomic E-state index is -0.441. The largest absolute Gasteiger partial charge is 0.497 e. The Morgan fingerprint density at radius 3 is 2.18 bits per heavy atom. The summed E-state index contributed by atoms with van der Waals surface area (Å²) in [5.74, 6) is 1.06. The van der Waals surface area contributed by atoms with E-state index >= 15 is 0 Å². The van der Waals surface area contributed by atoms with E-state index in [1.165, 1.54) is 7.11 Å². The topological polar surface area (TPSA) is 94.9 Å². The molecule has 0 saturated carbocycles. The number of hydrogen-bond donors (Lipinski definition) is 1. The molecule has 1 aromatic heterocycles. The normalized spacial score (nSPS) is 10.8. The Morgan fingerprint density at radius 2 is 1.59 bits per heavy atom. The second kappa shape index (κ2) is 11.3. The van der Waals surface area contributed by atoms with Gasteiger partial charge in [0.2, 0.25) is 5.91 Å². The predicted octanol–water partition coefficient (Wildman–Crippen LogP) is 3.12. The summed E-state index contributed by atoms with van der Waals surface area (Å²) in [7, 11) is 4.45. The fraction of sp³-hybridized carbons (Fsp3) is 0.320. The molecular formula is C25H30N4O5. The number of ether oxygens (including phenoxy) is 3. The smallest absolute Gasteiger partial charge is 0.319 e. The predicted molar refractivity (Wildman–Crippen MR) is 129 cm³/mol. The molecule has 0 fully saturated rings. The third kappa shape index (κ3) is 6.58. The lowest BCUT2D eigenvalue weighted by Crippen LogP contribution is -2.37. The van der Waals surface area contributed by atoms with Gasteiger partial charge in [0.05, 0.1) is 45.8 Å². The van der Waals surface area contributed by atoms with E-state index in [4.69, 9.17) is 14.2 Å². The van der Waals surface area contributed by atoms with Crippen molar-refractivity contribution in [3.05, 3.63) is 65.4 Å². The Balaban J connectivity index is 1.78. The van der Waals surface area contributed by atoms with Gasteiger partial charge in [-0.3, -0.25) is 14.5 Å². The molecule has 180 valence electrons. The number of aromatic nitrogens is 2. The van der Waals surface area contributed by atoms with E-state index in [0.717, 1.165) is 22.5 Å². The molecule has 0 atom stereocenters. The van der Waals surface area contributed by atoms with E-state index in [2.05, 4.69) is 10.4 Å². The van der Waals surface area contributed by atoms with Crippen molar-refractivity contribution >= 4 is 17.7 Å². The minimum absolute atomic E-state index is 0.0350. The molecule has 0 aliphatic carbocycles. The van der Waals surface area contributed by atoms with Gasteiger partial charge in [-0.2, -0.15) is 5.10 Å². The van der Waals surface area contributed by atoms with Crippen molar-refractivity contribution in [2.75, 3.05) is 39.7 Å². The van der Waals surface area contributed by atoms with Crippen LogP contribution in [-0.4, -0.2) is 61.0 Å². The maximum atomic E-state index is 13.0. The Kier molecular flexibility index (Phi) is 8.26. The highest BCUT2D eigenvalue weighted by Gasteiger charge is 2.18. The molecule has 0 unspecified atom stereocenters. The monoisotopic (exact) mass is 466 g/mol. The summed E-state index contributed by atoms with van der Waals surface area (Å²) in [5, 5.41) is 7.41. The number of carbonyl (C=O) groups is 2. The van der Waals surface area contributed by atoms with Crippen LogP contribution < -0.4 is 14.8 Å². The van der Waals surface area contributed by atoms with Crippen molar-refractivity contribution in [2.24, 2.45) is 0 Å². The fourth-order valence-corrected chi connectivity index (χ4v) is 3.49. The Hall–Kier alpha value is -3.85. The number of carbonyl (C=O) groups excluding carboxylic acids is 2. The molecule has 0 saturated heterocycles. The fourth-order valence-electron chi connectivity index (χ4n) is 3.49. The van der Waals surface area contributed by atoms with E-state index < -0.39 is 5.97 Å². The van der Waals surface area contributed by atoms with Gasteiger partial charge < -0.3 is 19.5 Å². The van der Waals surface area contributed by atoms with Crippen molar-refractivity contribution in [3.63, 3.8) is 0 Å². The number of amides is 1. The van der Waals surface area contributed by atoms with Gasteiger partial charge in [-0.1, -0.05) is 17.7 Å². The maximum Gasteiger partial charge on any atom is 0.319 e. The first kappa shape index (κ1) is 24.8. The first-order valence-corrected chi connectivity index (χ1v) is 10.8. The maximum absolute atomic E-state index is 13.0. The van der Waals surface area contributed by atoms with Gasteiger partial charge >= 0.3 is 5.97 Å². The molecule has 9 nitrogen and oxygen atoms in total. The Morgan fingerprint density at radius 1 is 0.941 bits per heavy atom. The standard InChI is InChI=1S/C25H30N4O5/c1-17-6-8-20(9-7-17)29-23(10-18(2)27-29)26-24(30)15-28(16-25(31)34-5)14-19-11-21(32-3)13-22(12-19)33-4/h6-13H,14-16H2,1-5H3,(H,26,30). The van der Waals surface area contributed by atoms with Gasteiger partial charge in [-0.05, 0) is 43.7 Å². The van der Waals surface area contributed by atoms with Gasteiger partial charge in [0.1, 0.15) is 17.3 Å². The average Bonchev–Trinajstić information content (AvgIpc) is 3.18. The van der Waals surface area contributed by atoms with Crippen LogP contribution in [0, 0.1) is 13.8 Å². The lowest BCUT2D eigenvalue weighted by molar-refractivity contribution is -0.142. The van der Waals surface area contributed by atoms with Gasteiger partial charge in [-0.25, -0.2) is 4.68 Å². The summed E-state index contributed by atoms with van der Waals surface area (Å²) >= 11 is 0. The van der Waals surface area contributed by atoms with Gasteiger partial charge in [-0.15, -0.1) is 0 Å². The molecule has 3 aromatic rings. The number of methoxy groups -OCH3 is 3. The number of nitrogens with one attached hydrogen (secondary N) is 1. The van der Waals surface area contributed by atoms with Gasteiger partial charge in [0.25, 0.3) is 0 Å². The number of rotatable bonds is 10. The van der Waals surface area contributed by atoms with Crippen LogP contribution >= 0.6 is 0 Å². The number of benzene rings is 2. The summed E-state index contributed by atoms with van der Waals surface area (Å²) in [6, 6.07) is 15.1. The molecule has 1 amide bonds. The lowest BCUT2D eigenvalue weighted by atomic mass is 10.2. The number of esters is 1. The number of hydrogen-bond acceptors (Lipinski definition) is 7. The first-order chi connectivity index (χ1) is 16.3. The number of nitrogens with zero attached hydrogens (tertiary/aromatic N) is 3. The Labute approximate surface area is 199 Å². The third-order valence-corrected chi connectivity index (χ3v) is 5.14. The zero-order valence-corrected chi connectivity index (χ0v) is 20.1. The highest BCUT2D eigenvalue weighted by atomic mass is 16.5. The molecular weight excluding hydrogens is 436 g/mol. The number of anilines is 1. The molecule has 2 aromatic carbocycles. The van der Waals surface area contributed by atoms with Crippen LogP contribution in [-0.2, 0) is 20.9 Å². The van der Waals surface area contributed by atoms with Crippen LogP contribution in [0.15, 0.2) is 48.5 Å². The lowest BCUT2D eigenvalue weighted by Gasteiger charge is -2.21. The summed E-state index contributed by atoms with van der Waals surface area (Å²) in [5.41, 5.74) is 3.56. The van der Waals surface area contributed by atoms with Crippen LogP contribution in [0.1, 0.15) is 16.8 Å². The summed E-state index contributed by atoms with van der Waals surface area (Å²) in [4.78, 5) is 26.7. The molecule has 0 aliphatic heterocycles. The van der Waals surface area contributed by atoms with Crippen LogP contribution in [0.3, 0.4) is 0 Å². The first-order valence-electron chi connectivity index (χ1n) is 10.8. The van der Waals surface area contributed by atoms with E-state index in [1.54, 1.807) is 35.9 Å². The highest BCUT2D eigenvalue weighted by Crippen LogP contribution is 2.24. The van der Waals surface area contributed by atoms with Crippen LogP contribution in [0.5, 0.6) is 11.5 Å². The Bertz CT molecular complexity index is 1120. The summed E-state index contributed by atoms with van der Waals surface area (Å²) in [6.45, 7) is 4.09. The van der Waals surface area contributed by atoms with Crippen molar-refractivity contribution in [1.29, 1.82) is 0 Å². The second-order valence-corrected chi connectivity index (χ2v) is 7.91. The molecule has 34 heavy (non-hydrogen) atoms.